The molecule has 0 spiro atoms. The zero-order valence-electron chi connectivity index (χ0n) is 12.3. The van der Waals surface area contributed by atoms with Gasteiger partial charge in [-0.25, -0.2) is 4.98 Å². The first-order chi connectivity index (χ1) is 10.6. The number of aromatic amines is 1. The third-order valence-electron chi connectivity index (χ3n) is 4.23. The highest BCUT2D eigenvalue weighted by Crippen LogP contribution is 2.30. The Bertz CT molecular complexity index is 922. The Balaban J connectivity index is 1.89. The van der Waals surface area contributed by atoms with Crippen molar-refractivity contribution >= 4 is 38.0 Å². The molecule has 0 bridgehead atoms. The van der Waals surface area contributed by atoms with Crippen LogP contribution in [0.3, 0.4) is 0 Å². The van der Waals surface area contributed by atoms with Crippen molar-refractivity contribution < 1.29 is 4.42 Å². The van der Waals surface area contributed by atoms with Gasteiger partial charge in [-0.05, 0) is 50.6 Å². The molecule has 1 aliphatic heterocycles. The second-order valence-corrected chi connectivity index (χ2v) is 6.73. The quantitative estimate of drug-likeness (QED) is 0.760. The second-order valence-electron chi connectivity index (χ2n) is 5.87. The Morgan fingerprint density at radius 3 is 2.91 bits per heavy atom. The van der Waals surface area contributed by atoms with Crippen LogP contribution in [0.1, 0.15) is 24.2 Å². The molecule has 3 aromatic rings. The number of fused-ring (bicyclic) bond motifs is 3. The van der Waals surface area contributed by atoms with Gasteiger partial charge in [0.25, 0.3) is 5.56 Å². The number of nitrogens with zero attached hydrogens (tertiary/aromatic N) is 2. The highest BCUT2D eigenvalue weighted by atomic mass is 79.9. The Hall–Kier alpha value is -1.66. The van der Waals surface area contributed by atoms with E-state index in [2.05, 4.69) is 30.8 Å². The summed E-state index contributed by atoms with van der Waals surface area (Å²) in [5, 5.41) is 0.876. The maximum Gasteiger partial charge on any atom is 0.294 e. The summed E-state index contributed by atoms with van der Waals surface area (Å²) < 4.78 is 6.69. The van der Waals surface area contributed by atoms with Crippen molar-refractivity contribution in [3.8, 4) is 0 Å². The fourth-order valence-corrected chi connectivity index (χ4v) is 3.39. The van der Waals surface area contributed by atoms with Crippen LogP contribution in [0, 0.1) is 6.92 Å². The van der Waals surface area contributed by atoms with Gasteiger partial charge < -0.3 is 9.40 Å². The minimum Gasteiger partial charge on any atom is -0.448 e. The predicted octanol–water partition coefficient (Wildman–Crippen LogP) is 3.34. The van der Waals surface area contributed by atoms with Gasteiger partial charge in [0.1, 0.15) is 16.9 Å². The first kappa shape index (κ1) is 14.0. The number of aromatic nitrogens is 2. The lowest BCUT2D eigenvalue weighted by Crippen LogP contribution is -2.22. The summed E-state index contributed by atoms with van der Waals surface area (Å²) in [6.45, 7) is 4.81. The van der Waals surface area contributed by atoms with Crippen LogP contribution in [0.5, 0.6) is 0 Å². The van der Waals surface area contributed by atoms with E-state index in [9.17, 15) is 4.79 Å². The predicted molar refractivity (Wildman–Crippen MR) is 89.1 cm³/mol. The molecule has 5 nitrogen and oxygen atoms in total. The first-order valence-corrected chi connectivity index (χ1v) is 8.25. The standard InChI is InChI=1S/C16H16BrN3O2/c1-9-6-12-10(7-11(9)17)14-15(22-12)16(21)19-13(18-14)8-20-4-2-3-5-20/h6-7H,2-5,8H2,1H3,(H,18,19,21). The van der Waals surface area contributed by atoms with E-state index in [0.29, 0.717) is 29.1 Å². The lowest BCUT2D eigenvalue weighted by molar-refractivity contribution is 0.322. The van der Waals surface area contributed by atoms with E-state index in [-0.39, 0.29) is 5.56 Å². The fraction of sp³-hybridized carbons (Fsp3) is 0.375. The van der Waals surface area contributed by atoms with Crippen molar-refractivity contribution in [2.45, 2.75) is 26.3 Å². The molecule has 0 saturated carbocycles. The first-order valence-electron chi connectivity index (χ1n) is 7.46. The van der Waals surface area contributed by atoms with Gasteiger partial charge in [0.15, 0.2) is 0 Å². The van der Waals surface area contributed by atoms with Gasteiger partial charge in [-0.3, -0.25) is 9.69 Å². The molecule has 0 amide bonds. The number of halogens is 1. The van der Waals surface area contributed by atoms with Crippen LogP contribution in [0.2, 0.25) is 0 Å². The molecule has 2 aromatic heterocycles. The molecule has 1 fully saturated rings. The van der Waals surface area contributed by atoms with Gasteiger partial charge in [-0.2, -0.15) is 0 Å². The summed E-state index contributed by atoms with van der Waals surface area (Å²) in [5.74, 6) is 0.707. The third-order valence-corrected chi connectivity index (χ3v) is 5.08. The van der Waals surface area contributed by atoms with Crippen LogP contribution in [-0.4, -0.2) is 28.0 Å². The van der Waals surface area contributed by atoms with E-state index < -0.39 is 0 Å². The SMILES string of the molecule is Cc1cc2oc3c(=O)[nH]c(CN4CCCC4)nc3c2cc1Br. The summed E-state index contributed by atoms with van der Waals surface area (Å²) in [7, 11) is 0. The monoisotopic (exact) mass is 361 g/mol. The van der Waals surface area contributed by atoms with E-state index in [4.69, 9.17) is 4.42 Å². The number of hydrogen-bond acceptors (Lipinski definition) is 4. The number of rotatable bonds is 2. The lowest BCUT2D eigenvalue weighted by atomic mass is 10.2. The Labute approximate surface area is 135 Å². The van der Waals surface area contributed by atoms with Crippen LogP contribution in [-0.2, 0) is 6.54 Å². The molecule has 0 aliphatic carbocycles. The summed E-state index contributed by atoms with van der Waals surface area (Å²) in [5.41, 5.74) is 2.52. The Kier molecular flexibility index (Phi) is 3.31. The zero-order valence-corrected chi connectivity index (χ0v) is 13.9. The summed E-state index contributed by atoms with van der Waals surface area (Å²) >= 11 is 3.53. The number of furan rings is 1. The molecule has 1 N–H and O–H groups in total. The minimum absolute atomic E-state index is 0.204. The molecule has 4 rings (SSSR count). The van der Waals surface area contributed by atoms with E-state index in [1.807, 2.05) is 19.1 Å². The normalized spacial score (nSPS) is 16.1. The highest BCUT2D eigenvalue weighted by Gasteiger charge is 2.17. The molecular formula is C16H16BrN3O2. The van der Waals surface area contributed by atoms with Gasteiger partial charge in [-0.1, -0.05) is 15.9 Å². The molecule has 114 valence electrons. The van der Waals surface area contributed by atoms with E-state index >= 15 is 0 Å². The molecule has 0 atom stereocenters. The van der Waals surface area contributed by atoms with Crippen molar-refractivity contribution in [3.63, 3.8) is 0 Å². The average molecular weight is 362 g/mol. The largest absolute Gasteiger partial charge is 0.448 e. The lowest BCUT2D eigenvalue weighted by Gasteiger charge is -2.13. The molecule has 1 saturated heterocycles. The minimum atomic E-state index is -0.204. The van der Waals surface area contributed by atoms with Crippen LogP contribution in [0.4, 0.5) is 0 Å². The molecule has 0 unspecified atom stereocenters. The number of nitrogens with one attached hydrogen (secondary N) is 1. The Morgan fingerprint density at radius 1 is 1.36 bits per heavy atom. The van der Waals surface area contributed by atoms with Crippen LogP contribution in [0.25, 0.3) is 22.1 Å². The maximum absolute atomic E-state index is 12.3. The summed E-state index contributed by atoms with van der Waals surface area (Å²) in [4.78, 5) is 22.1. The number of aryl methyl sites for hydroxylation is 1. The average Bonchev–Trinajstić information content (AvgIpc) is 3.09. The number of likely N-dealkylation sites (tertiary alicyclic amines) is 1. The van der Waals surface area contributed by atoms with E-state index in [0.717, 1.165) is 28.5 Å². The zero-order chi connectivity index (χ0) is 15.3. The van der Waals surface area contributed by atoms with Gasteiger partial charge in [0.2, 0.25) is 5.58 Å². The third kappa shape index (κ3) is 2.27. The van der Waals surface area contributed by atoms with Crippen LogP contribution >= 0.6 is 15.9 Å². The van der Waals surface area contributed by atoms with Gasteiger partial charge in [0.05, 0.1) is 6.54 Å². The fourth-order valence-electron chi connectivity index (χ4n) is 3.05. The molecule has 22 heavy (non-hydrogen) atoms. The van der Waals surface area contributed by atoms with Gasteiger partial charge in [-0.15, -0.1) is 0 Å². The molecule has 0 radical (unpaired) electrons. The van der Waals surface area contributed by atoms with E-state index in [1.54, 1.807) is 0 Å². The smallest absolute Gasteiger partial charge is 0.294 e. The molecule has 1 aromatic carbocycles. The highest BCUT2D eigenvalue weighted by molar-refractivity contribution is 9.10. The van der Waals surface area contributed by atoms with Crippen molar-refractivity contribution in [1.29, 1.82) is 0 Å². The van der Waals surface area contributed by atoms with E-state index in [1.165, 1.54) is 12.8 Å². The number of H-pyrrole nitrogens is 1. The number of hydrogen-bond donors (Lipinski definition) is 1. The Morgan fingerprint density at radius 2 is 2.14 bits per heavy atom. The van der Waals surface area contributed by atoms with Crippen LogP contribution < -0.4 is 5.56 Å². The molecular weight excluding hydrogens is 346 g/mol. The van der Waals surface area contributed by atoms with Gasteiger partial charge >= 0.3 is 0 Å². The summed E-state index contributed by atoms with van der Waals surface area (Å²) in [6, 6.07) is 3.91. The molecule has 1 aliphatic rings. The van der Waals surface area contributed by atoms with Crippen molar-refractivity contribution in [2.24, 2.45) is 0 Å². The topological polar surface area (TPSA) is 62.1 Å². The molecule has 3 heterocycles. The molecule has 6 heteroatoms. The number of benzene rings is 1. The van der Waals surface area contributed by atoms with Crippen molar-refractivity contribution in [3.05, 3.63) is 38.3 Å². The van der Waals surface area contributed by atoms with Crippen molar-refractivity contribution in [1.82, 2.24) is 14.9 Å². The van der Waals surface area contributed by atoms with Crippen LogP contribution in [0.15, 0.2) is 25.8 Å². The second kappa shape index (κ2) is 5.21. The maximum atomic E-state index is 12.3. The summed E-state index contributed by atoms with van der Waals surface area (Å²) in [6.07, 6.45) is 2.43. The van der Waals surface area contributed by atoms with Crippen molar-refractivity contribution in [2.75, 3.05) is 13.1 Å². The van der Waals surface area contributed by atoms with Gasteiger partial charge in [0, 0.05) is 9.86 Å².